The second kappa shape index (κ2) is 63.8. The van der Waals surface area contributed by atoms with Crippen LogP contribution in [0.2, 0.25) is 0 Å². The molecule has 4 fully saturated rings. The third-order valence-electron chi connectivity index (χ3n) is 15.8. The van der Waals surface area contributed by atoms with Crippen LogP contribution < -0.4 is 42.5 Å². The summed E-state index contributed by atoms with van der Waals surface area (Å²) in [5.41, 5.74) is 0. The maximum atomic E-state index is 6.29. The van der Waals surface area contributed by atoms with Gasteiger partial charge in [-0.15, -0.1) is 0 Å². The zero-order valence-corrected chi connectivity index (χ0v) is 58.3. The predicted molar refractivity (Wildman–Crippen MR) is 374 cm³/mol. The summed E-state index contributed by atoms with van der Waals surface area (Å²) in [4.78, 5) is 28.0. The molecular weight excluding hydrogens is 1190 g/mol. The fourth-order valence-corrected chi connectivity index (χ4v) is 10.3. The van der Waals surface area contributed by atoms with E-state index < -0.39 is 0 Å². The van der Waals surface area contributed by atoms with E-state index in [0.717, 1.165) is 170 Å². The number of nitrogens with one attached hydrogen (secondary N) is 8. The van der Waals surface area contributed by atoms with Gasteiger partial charge in [-0.05, 0) is 91.4 Å². The van der Waals surface area contributed by atoms with Gasteiger partial charge >= 0.3 is 0 Å². The van der Waals surface area contributed by atoms with E-state index in [1.807, 2.05) is 39.2 Å². The summed E-state index contributed by atoms with van der Waals surface area (Å²) in [7, 11) is 0. The van der Waals surface area contributed by atoms with Crippen LogP contribution in [0.15, 0.2) is 20.0 Å². The van der Waals surface area contributed by atoms with Crippen LogP contribution in [0, 0.1) is 0 Å². The van der Waals surface area contributed by atoms with Gasteiger partial charge in [-0.2, -0.15) is 0 Å². The topological polar surface area (TPSA) is 260 Å². The van der Waals surface area contributed by atoms with Gasteiger partial charge < -0.3 is 114 Å². The van der Waals surface area contributed by atoms with E-state index in [9.17, 15) is 0 Å². The number of aliphatic imine (C=N–C) groups is 4. The van der Waals surface area contributed by atoms with Gasteiger partial charge in [0, 0.05) is 131 Å². The third kappa shape index (κ3) is 52.9. The Morgan fingerprint density at radius 1 is 0.269 bits per heavy atom. The summed E-state index contributed by atoms with van der Waals surface area (Å²) in [6.45, 7) is 36.1. The Bertz CT molecular complexity index is 1570. The maximum Gasteiger partial charge on any atom is 0.147 e. The van der Waals surface area contributed by atoms with Crippen molar-refractivity contribution < 1.29 is 52.1 Å². The Kier molecular flexibility index (Phi) is 56.7. The van der Waals surface area contributed by atoms with Crippen molar-refractivity contribution in [2.75, 3.05) is 289 Å². The molecule has 4 heterocycles. The Morgan fingerprint density at radius 2 is 0.538 bits per heavy atom. The highest BCUT2D eigenvalue weighted by atomic mass is 16.6. The largest absolute Gasteiger partial charge is 0.377 e. The van der Waals surface area contributed by atoms with Crippen molar-refractivity contribution in [3.05, 3.63) is 0 Å². The standard InChI is InChI=1S/C66H134N16O11/c1-63(77-61-81-35-13-5-9-17-69-21-25-73-29-39-81)90-51-49-88-57-66(58-89-50-52-91-64(2)78-62-82-36-14-6-10-18-70-22-26-74-30-40-82)93-54-48-85-47-53-92-65(55-86-45-43-83-41-31-75-59-79-33-11-3-7-15-67-19-23-71-27-37-79)56-87-46-44-84-42-32-76-60-80-34-12-4-8-16-68-20-24-72-28-38-80/h59-74H,3-58H2,1-2H3. The first-order chi connectivity index (χ1) is 46.1. The molecule has 0 spiro atoms. The highest BCUT2D eigenvalue weighted by Gasteiger charge is 2.15. The molecule has 0 bridgehead atoms. The van der Waals surface area contributed by atoms with E-state index in [2.05, 4.69) is 72.1 Å². The van der Waals surface area contributed by atoms with Crippen LogP contribution in [0.1, 0.15) is 90.9 Å². The lowest BCUT2D eigenvalue weighted by Crippen LogP contribution is -2.36. The number of hydrogen-bond donors (Lipinski definition) is 8. The molecule has 2 atom stereocenters. The molecule has 27 nitrogen and oxygen atoms in total. The van der Waals surface area contributed by atoms with Gasteiger partial charge in [0.25, 0.3) is 0 Å². The first-order valence-electron chi connectivity index (χ1n) is 36.3. The third-order valence-corrected chi connectivity index (χ3v) is 15.8. The minimum Gasteiger partial charge on any atom is -0.377 e. The van der Waals surface area contributed by atoms with Crippen molar-refractivity contribution in [1.29, 1.82) is 0 Å². The van der Waals surface area contributed by atoms with E-state index in [-0.39, 0.29) is 24.7 Å². The molecule has 4 aliphatic rings. The van der Waals surface area contributed by atoms with Gasteiger partial charge in [-0.1, -0.05) is 25.7 Å². The summed E-state index contributed by atoms with van der Waals surface area (Å²) >= 11 is 0. The van der Waals surface area contributed by atoms with E-state index in [1.54, 1.807) is 0 Å². The summed E-state index contributed by atoms with van der Waals surface area (Å²) < 4.78 is 66.7. The molecule has 8 N–H and O–H groups in total. The molecule has 0 radical (unpaired) electrons. The summed E-state index contributed by atoms with van der Waals surface area (Å²) in [6.07, 6.45) is 20.9. The van der Waals surface area contributed by atoms with Gasteiger partial charge in [0.15, 0.2) is 0 Å². The Morgan fingerprint density at radius 3 is 0.882 bits per heavy atom. The van der Waals surface area contributed by atoms with E-state index >= 15 is 0 Å². The molecule has 544 valence electrons. The zero-order valence-electron chi connectivity index (χ0n) is 58.3. The smallest absolute Gasteiger partial charge is 0.147 e. The molecule has 0 amide bonds. The van der Waals surface area contributed by atoms with Crippen LogP contribution in [-0.2, 0) is 52.1 Å². The summed E-state index contributed by atoms with van der Waals surface area (Å²) in [5.74, 6) is 0. The van der Waals surface area contributed by atoms with Gasteiger partial charge in [0.05, 0.1) is 157 Å². The summed E-state index contributed by atoms with van der Waals surface area (Å²) in [5, 5.41) is 28.1. The van der Waals surface area contributed by atoms with Crippen molar-refractivity contribution in [1.82, 2.24) is 62.1 Å². The Labute approximate surface area is 562 Å². The molecule has 4 rings (SSSR count). The quantitative estimate of drug-likeness (QED) is 0.0244. The highest BCUT2D eigenvalue weighted by molar-refractivity contribution is 5.56. The molecule has 93 heavy (non-hydrogen) atoms. The van der Waals surface area contributed by atoms with Crippen LogP contribution in [0.25, 0.3) is 0 Å². The van der Waals surface area contributed by atoms with Gasteiger partial charge in [-0.25, -0.2) is 9.98 Å². The number of ether oxygens (including phenoxy) is 11. The van der Waals surface area contributed by atoms with Gasteiger partial charge in [0.1, 0.15) is 24.7 Å². The van der Waals surface area contributed by atoms with Crippen LogP contribution in [0.4, 0.5) is 0 Å². The number of hydrogen-bond acceptors (Lipinski definition) is 23. The van der Waals surface area contributed by atoms with Crippen molar-refractivity contribution in [3.63, 3.8) is 0 Å². The molecule has 0 aromatic rings. The monoisotopic (exact) mass is 1330 g/mol. The minimum absolute atomic E-state index is 0.292. The lowest BCUT2D eigenvalue weighted by atomic mass is 10.2. The molecular formula is C66H134N16O11. The first kappa shape index (κ1) is 82.5. The lowest BCUT2D eigenvalue weighted by molar-refractivity contribution is -0.0977. The average molecular weight is 1330 g/mol. The predicted octanol–water partition coefficient (Wildman–Crippen LogP) is 1.37. The second-order valence-electron chi connectivity index (χ2n) is 24.0. The van der Waals surface area contributed by atoms with Crippen LogP contribution in [0.3, 0.4) is 0 Å². The fraction of sp³-hybridized carbons (Fsp3) is 0.939. The van der Waals surface area contributed by atoms with Gasteiger partial charge in [-0.3, -0.25) is 9.98 Å². The average Bonchev–Trinajstić information content (AvgIpc) is 3.67. The van der Waals surface area contributed by atoms with Crippen LogP contribution in [0.5, 0.6) is 0 Å². The number of rotatable bonds is 42. The molecule has 0 aromatic heterocycles. The number of nitrogens with zero attached hydrogens (tertiary/aromatic N) is 8. The molecule has 2 unspecified atom stereocenters. The first-order valence-corrected chi connectivity index (χ1v) is 36.3. The van der Waals surface area contributed by atoms with E-state index in [1.165, 1.54) is 64.2 Å². The zero-order chi connectivity index (χ0) is 65.3. The van der Waals surface area contributed by atoms with Crippen molar-refractivity contribution in [2.24, 2.45) is 20.0 Å². The Balaban J connectivity index is 1.19. The second-order valence-corrected chi connectivity index (χ2v) is 24.0. The maximum absolute atomic E-state index is 6.29. The Hall–Kier alpha value is -2.88. The van der Waals surface area contributed by atoms with Crippen LogP contribution >= 0.6 is 0 Å². The fourth-order valence-electron chi connectivity index (χ4n) is 10.3. The normalized spacial score (nSPS) is 20.7. The molecule has 0 aliphatic carbocycles. The van der Waals surface area contributed by atoms with Crippen molar-refractivity contribution in [2.45, 2.75) is 116 Å². The molecule has 0 saturated carbocycles. The molecule has 4 aliphatic heterocycles. The molecule has 27 heteroatoms. The highest BCUT2D eigenvalue weighted by Crippen LogP contribution is 2.05. The lowest BCUT2D eigenvalue weighted by Gasteiger charge is -2.22. The molecule has 0 aromatic carbocycles. The van der Waals surface area contributed by atoms with Gasteiger partial charge in [0.2, 0.25) is 0 Å². The van der Waals surface area contributed by atoms with E-state index in [0.29, 0.717) is 132 Å². The van der Waals surface area contributed by atoms with Crippen molar-refractivity contribution in [3.8, 4) is 0 Å². The SMILES string of the molecule is CC(N=CN1CCCCCNCCNCC1)OCCOCC(COCCOC(C)N=CN1CCCCCNCCNCC1)OCCOCCOC(COCCOCCN=CN1CCCCCNCCNCC1)COCCOCCN=CN1CCCCCNCCNCC1. The molecule has 4 saturated heterocycles. The summed E-state index contributed by atoms with van der Waals surface area (Å²) in [6, 6.07) is 0. The van der Waals surface area contributed by atoms with Crippen molar-refractivity contribution >= 4 is 25.4 Å². The van der Waals surface area contributed by atoms with Crippen LogP contribution in [-0.4, -0.2) is 359 Å². The minimum atomic E-state index is -0.332. The van der Waals surface area contributed by atoms with E-state index in [4.69, 9.17) is 62.1 Å².